The first-order valence-electron chi connectivity index (χ1n) is 7.55. The van der Waals surface area contributed by atoms with Gasteiger partial charge in [0.1, 0.15) is 11.6 Å². The Morgan fingerprint density at radius 2 is 2.15 bits per heavy atom. The second-order valence-corrected chi connectivity index (χ2v) is 5.95. The lowest BCUT2D eigenvalue weighted by Crippen LogP contribution is -2.35. The number of Topliss-reactive ketones (excluding diaryl/α,β-unsaturated/α-hetero) is 1. The zero-order valence-corrected chi connectivity index (χ0v) is 12.5. The maximum Gasteiger partial charge on any atom is 0.131 e. The van der Waals surface area contributed by atoms with Crippen molar-refractivity contribution in [2.24, 2.45) is 0 Å². The summed E-state index contributed by atoms with van der Waals surface area (Å²) in [6.07, 6.45) is 5.37. The van der Waals surface area contributed by atoms with Crippen LogP contribution in [0.5, 0.6) is 0 Å². The van der Waals surface area contributed by atoms with Crippen LogP contribution in [-0.4, -0.2) is 23.3 Å². The number of halogens is 1. The van der Waals surface area contributed by atoms with E-state index in [0.29, 0.717) is 12.5 Å². The van der Waals surface area contributed by atoms with Gasteiger partial charge in [0.2, 0.25) is 0 Å². The highest BCUT2D eigenvalue weighted by Crippen LogP contribution is 2.23. The molecule has 0 aromatic heterocycles. The SMILES string of the molecule is CC(=O)CC1CCCCCN1Cc1ccc(F)cc1C. The number of likely N-dealkylation sites (tertiary alicyclic amines) is 1. The van der Waals surface area contributed by atoms with E-state index in [4.69, 9.17) is 0 Å². The molecular weight excluding hydrogens is 253 g/mol. The second-order valence-electron chi connectivity index (χ2n) is 5.95. The van der Waals surface area contributed by atoms with Crippen LogP contribution < -0.4 is 0 Å². The summed E-state index contributed by atoms with van der Waals surface area (Å²) >= 11 is 0. The van der Waals surface area contributed by atoms with Gasteiger partial charge in [-0.05, 0) is 56.5 Å². The zero-order chi connectivity index (χ0) is 14.5. The van der Waals surface area contributed by atoms with Crippen LogP contribution >= 0.6 is 0 Å². The predicted molar refractivity (Wildman–Crippen MR) is 79.1 cm³/mol. The molecule has 2 nitrogen and oxygen atoms in total. The number of ketones is 1. The Labute approximate surface area is 121 Å². The maximum atomic E-state index is 13.2. The molecule has 1 saturated heterocycles. The van der Waals surface area contributed by atoms with Crippen LogP contribution in [0.4, 0.5) is 4.39 Å². The summed E-state index contributed by atoms with van der Waals surface area (Å²) in [7, 11) is 0. The van der Waals surface area contributed by atoms with Gasteiger partial charge in [-0.2, -0.15) is 0 Å². The molecule has 0 aliphatic carbocycles. The van der Waals surface area contributed by atoms with Gasteiger partial charge >= 0.3 is 0 Å². The highest BCUT2D eigenvalue weighted by Gasteiger charge is 2.22. The van der Waals surface area contributed by atoms with Crippen molar-refractivity contribution in [1.82, 2.24) is 4.90 Å². The standard InChI is InChI=1S/C17H24FNO/c1-13-10-16(18)8-7-15(13)12-19-9-5-3-4-6-17(19)11-14(2)20/h7-8,10,17H,3-6,9,11-12H2,1-2H3. The third-order valence-electron chi connectivity index (χ3n) is 4.20. The quantitative estimate of drug-likeness (QED) is 0.833. The van der Waals surface area contributed by atoms with Crippen LogP contribution in [0.15, 0.2) is 18.2 Å². The predicted octanol–water partition coefficient (Wildman–Crippen LogP) is 3.86. The molecule has 0 saturated carbocycles. The van der Waals surface area contributed by atoms with Gasteiger partial charge in [-0.15, -0.1) is 0 Å². The van der Waals surface area contributed by atoms with E-state index in [2.05, 4.69) is 4.90 Å². The highest BCUT2D eigenvalue weighted by molar-refractivity contribution is 5.76. The molecule has 0 spiro atoms. The van der Waals surface area contributed by atoms with Crippen molar-refractivity contribution in [3.8, 4) is 0 Å². The summed E-state index contributed by atoms with van der Waals surface area (Å²) in [4.78, 5) is 13.9. The average molecular weight is 277 g/mol. The Morgan fingerprint density at radius 1 is 1.35 bits per heavy atom. The van der Waals surface area contributed by atoms with Gasteiger partial charge in [0.25, 0.3) is 0 Å². The van der Waals surface area contributed by atoms with Crippen LogP contribution in [0.2, 0.25) is 0 Å². The normalized spacial score (nSPS) is 20.6. The van der Waals surface area contributed by atoms with E-state index in [0.717, 1.165) is 25.1 Å². The van der Waals surface area contributed by atoms with Gasteiger partial charge in [0.05, 0.1) is 0 Å². The van der Waals surface area contributed by atoms with E-state index in [1.54, 1.807) is 13.0 Å². The number of aryl methyl sites for hydroxylation is 1. The Kier molecular flexibility index (Phi) is 5.30. The van der Waals surface area contributed by atoms with Crippen molar-refractivity contribution in [1.29, 1.82) is 0 Å². The van der Waals surface area contributed by atoms with Crippen LogP contribution in [0, 0.1) is 12.7 Å². The van der Waals surface area contributed by atoms with Crippen molar-refractivity contribution in [2.75, 3.05) is 6.54 Å². The van der Waals surface area contributed by atoms with Crippen molar-refractivity contribution in [3.63, 3.8) is 0 Å². The minimum absolute atomic E-state index is 0.178. The molecule has 1 aliphatic heterocycles. The summed E-state index contributed by atoms with van der Waals surface area (Å²) < 4.78 is 13.2. The number of nitrogens with zero attached hydrogens (tertiary/aromatic N) is 1. The van der Waals surface area contributed by atoms with Crippen LogP contribution in [0.1, 0.15) is 50.2 Å². The largest absolute Gasteiger partial charge is 0.300 e. The second kappa shape index (κ2) is 6.98. The Morgan fingerprint density at radius 3 is 2.85 bits per heavy atom. The fourth-order valence-electron chi connectivity index (χ4n) is 3.06. The molecule has 1 fully saturated rings. The first kappa shape index (κ1) is 15.2. The molecule has 0 bridgehead atoms. The number of carbonyl (C=O) groups is 1. The lowest BCUT2D eigenvalue weighted by Gasteiger charge is -2.30. The van der Waals surface area contributed by atoms with Gasteiger partial charge in [-0.25, -0.2) is 4.39 Å². The number of hydrogen-bond donors (Lipinski definition) is 0. The van der Waals surface area contributed by atoms with Gasteiger partial charge in [0, 0.05) is 19.0 Å². The molecule has 1 aliphatic rings. The summed E-state index contributed by atoms with van der Waals surface area (Å²) in [5.74, 6) is 0.0835. The molecule has 20 heavy (non-hydrogen) atoms. The van der Waals surface area contributed by atoms with E-state index in [-0.39, 0.29) is 11.6 Å². The average Bonchev–Trinajstić information content (AvgIpc) is 2.58. The Hall–Kier alpha value is -1.22. The van der Waals surface area contributed by atoms with Crippen LogP contribution in [0.25, 0.3) is 0 Å². The topological polar surface area (TPSA) is 20.3 Å². The molecular formula is C17H24FNO. The van der Waals surface area contributed by atoms with Crippen LogP contribution in [0.3, 0.4) is 0 Å². The number of hydrogen-bond acceptors (Lipinski definition) is 2. The van der Waals surface area contributed by atoms with Crippen molar-refractivity contribution in [3.05, 3.63) is 35.1 Å². The molecule has 0 N–H and O–H groups in total. The van der Waals surface area contributed by atoms with Gasteiger partial charge < -0.3 is 0 Å². The lowest BCUT2D eigenvalue weighted by molar-refractivity contribution is -0.118. The lowest BCUT2D eigenvalue weighted by atomic mass is 10.0. The number of carbonyl (C=O) groups excluding carboxylic acids is 1. The number of rotatable bonds is 4. The van der Waals surface area contributed by atoms with Crippen LogP contribution in [-0.2, 0) is 11.3 Å². The monoisotopic (exact) mass is 277 g/mol. The molecule has 3 heteroatoms. The zero-order valence-electron chi connectivity index (χ0n) is 12.5. The molecule has 2 rings (SSSR count). The molecule has 1 unspecified atom stereocenters. The maximum absolute atomic E-state index is 13.2. The van der Waals surface area contributed by atoms with Crippen molar-refractivity contribution >= 4 is 5.78 Å². The fourth-order valence-corrected chi connectivity index (χ4v) is 3.06. The smallest absolute Gasteiger partial charge is 0.131 e. The first-order valence-corrected chi connectivity index (χ1v) is 7.55. The van der Waals surface area contributed by atoms with E-state index < -0.39 is 0 Å². The van der Waals surface area contributed by atoms with E-state index in [1.165, 1.54) is 30.9 Å². The van der Waals surface area contributed by atoms with Gasteiger partial charge in [-0.3, -0.25) is 9.69 Å². The molecule has 0 amide bonds. The molecule has 0 radical (unpaired) electrons. The van der Waals surface area contributed by atoms with E-state index >= 15 is 0 Å². The Bertz CT molecular complexity index is 472. The summed E-state index contributed by atoms with van der Waals surface area (Å²) in [5.41, 5.74) is 2.16. The van der Waals surface area contributed by atoms with Gasteiger partial charge in [-0.1, -0.05) is 18.9 Å². The Balaban J connectivity index is 2.12. The fraction of sp³-hybridized carbons (Fsp3) is 0.588. The first-order chi connectivity index (χ1) is 9.56. The third-order valence-corrected chi connectivity index (χ3v) is 4.20. The van der Waals surface area contributed by atoms with Crippen molar-refractivity contribution in [2.45, 2.75) is 58.5 Å². The van der Waals surface area contributed by atoms with E-state index in [9.17, 15) is 9.18 Å². The van der Waals surface area contributed by atoms with E-state index in [1.807, 2.05) is 13.0 Å². The van der Waals surface area contributed by atoms with Gasteiger partial charge in [0.15, 0.2) is 0 Å². The molecule has 1 aromatic carbocycles. The number of benzene rings is 1. The summed E-state index contributed by atoms with van der Waals surface area (Å²) in [5, 5.41) is 0. The highest BCUT2D eigenvalue weighted by atomic mass is 19.1. The molecule has 1 aromatic rings. The molecule has 1 atom stereocenters. The van der Waals surface area contributed by atoms with Crippen molar-refractivity contribution < 1.29 is 9.18 Å². The minimum atomic E-state index is -0.178. The summed E-state index contributed by atoms with van der Waals surface area (Å²) in [6.45, 7) is 5.49. The molecule has 1 heterocycles. The summed E-state index contributed by atoms with van der Waals surface area (Å²) in [6, 6.07) is 5.34. The third kappa shape index (κ3) is 4.14. The molecule has 110 valence electrons. The minimum Gasteiger partial charge on any atom is -0.300 e.